The molecule has 0 saturated carbocycles. The largest absolute Gasteiger partial charge is 0.466 e. The molecule has 1 spiro atoms. The van der Waals surface area contributed by atoms with Crippen molar-refractivity contribution in [2.24, 2.45) is 17.8 Å². The lowest BCUT2D eigenvalue weighted by atomic mass is 9.70. The lowest BCUT2D eigenvalue weighted by Gasteiger charge is -2.39. The van der Waals surface area contributed by atoms with E-state index in [9.17, 15) is 19.5 Å². The third kappa shape index (κ3) is 4.63. The van der Waals surface area contributed by atoms with Crippen LogP contribution in [0.4, 0.5) is 0 Å². The highest BCUT2D eigenvalue weighted by Gasteiger charge is 2.75. The van der Waals surface area contributed by atoms with E-state index < -0.39 is 41.6 Å². The first-order valence-corrected chi connectivity index (χ1v) is 12.9. The molecule has 0 aromatic rings. The lowest BCUT2D eigenvalue weighted by Crippen LogP contribution is -2.59. The Morgan fingerprint density at radius 3 is 2.68 bits per heavy atom. The maximum Gasteiger partial charge on any atom is 0.312 e. The Morgan fingerprint density at radius 1 is 1.35 bits per heavy atom. The number of amides is 2. The smallest absolute Gasteiger partial charge is 0.312 e. The highest BCUT2D eigenvalue weighted by molar-refractivity contribution is 5.98. The van der Waals surface area contributed by atoms with Gasteiger partial charge in [0.25, 0.3) is 0 Å². The summed E-state index contributed by atoms with van der Waals surface area (Å²) in [5.74, 6) is -2.15. The van der Waals surface area contributed by atoms with Crippen molar-refractivity contribution in [2.45, 2.75) is 90.0 Å². The first-order valence-electron chi connectivity index (χ1n) is 12.9. The number of hydrogen-bond acceptors (Lipinski definition) is 6. The van der Waals surface area contributed by atoms with Gasteiger partial charge in [-0.25, -0.2) is 0 Å². The van der Waals surface area contributed by atoms with Gasteiger partial charge < -0.3 is 24.4 Å². The summed E-state index contributed by atoms with van der Waals surface area (Å²) >= 11 is 0. The SMILES string of the molecule is C=CCN(CCCCC)C(=O)[C@H]1N([C@@H](CO)CC(C)C)C(=O)[C@@H]2[C@@H](C(=O)OCC)[C@H]3CC[C@]21O3. The van der Waals surface area contributed by atoms with Crippen molar-refractivity contribution in [1.82, 2.24) is 9.80 Å². The molecule has 34 heavy (non-hydrogen) atoms. The topological polar surface area (TPSA) is 96.4 Å². The number of rotatable bonds is 13. The highest BCUT2D eigenvalue weighted by Crippen LogP contribution is 2.59. The molecule has 3 fully saturated rings. The summed E-state index contributed by atoms with van der Waals surface area (Å²) in [6, 6.07) is -1.39. The minimum atomic E-state index is -1.06. The molecular weight excluding hydrogens is 436 g/mol. The van der Waals surface area contributed by atoms with Crippen LogP contribution in [0.2, 0.25) is 0 Å². The van der Waals surface area contributed by atoms with Crippen LogP contribution >= 0.6 is 0 Å². The lowest BCUT2D eigenvalue weighted by molar-refractivity contribution is -0.156. The van der Waals surface area contributed by atoms with Gasteiger partial charge in [-0.3, -0.25) is 14.4 Å². The molecule has 1 N–H and O–H groups in total. The fourth-order valence-corrected chi connectivity index (χ4v) is 6.26. The van der Waals surface area contributed by atoms with E-state index in [-0.39, 0.29) is 30.9 Å². The van der Waals surface area contributed by atoms with Crippen LogP contribution in [0.5, 0.6) is 0 Å². The number of carbonyl (C=O) groups is 3. The van der Waals surface area contributed by atoms with Crippen LogP contribution in [0.15, 0.2) is 12.7 Å². The van der Waals surface area contributed by atoms with Crippen molar-refractivity contribution < 1.29 is 29.0 Å². The minimum Gasteiger partial charge on any atom is -0.466 e. The first-order chi connectivity index (χ1) is 16.3. The van der Waals surface area contributed by atoms with E-state index in [1.807, 2.05) is 13.8 Å². The Kier molecular flexibility index (Phi) is 8.79. The quantitative estimate of drug-likeness (QED) is 0.248. The predicted octanol–water partition coefficient (Wildman–Crippen LogP) is 2.54. The molecule has 8 heteroatoms. The van der Waals surface area contributed by atoms with Gasteiger partial charge in [-0.2, -0.15) is 0 Å². The molecule has 2 amide bonds. The van der Waals surface area contributed by atoms with Gasteiger partial charge in [0, 0.05) is 13.1 Å². The van der Waals surface area contributed by atoms with Crippen LogP contribution in [0.1, 0.15) is 66.2 Å². The van der Waals surface area contributed by atoms with Gasteiger partial charge in [0.2, 0.25) is 11.8 Å². The van der Waals surface area contributed by atoms with Crippen molar-refractivity contribution in [1.29, 1.82) is 0 Å². The number of fused-ring (bicyclic) bond motifs is 1. The molecule has 0 aromatic heterocycles. The predicted molar refractivity (Wildman–Crippen MR) is 128 cm³/mol. The molecule has 2 bridgehead atoms. The molecule has 3 rings (SSSR count). The van der Waals surface area contributed by atoms with Crippen molar-refractivity contribution in [2.75, 3.05) is 26.3 Å². The number of nitrogens with zero attached hydrogens (tertiary/aromatic N) is 2. The van der Waals surface area contributed by atoms with E-state index in [0.717, 1.165) is 19.3 Å². The van der Waals surface area contributed by atoms with E-state index in [1.165, 1.54) is 0 Å². The number of aliphatic hydroxyl groups is 1. The standard InChI is InChI=1S/C26H42N2O6/c1-6-9-10-14-27(13-7-2)24(31)22-26-12-11-19(34-26)20(25(32)33-8-3)21(26)23(30)28(22)18(16-29)15-17(4)5/h7,17-22,29H,2,6,8-16H2,1,3-5H3/t18-,19-,20+,21+,22-,26+/m1/s1. The Morgan fingerprint density at radius 2 is 2.09 bits per heavy atom. The van der Waals surface area contributed by atoms with Gasteiger partial charge in [0.1, 0.15) is 11.6 Å². The van der Waals surface area contributed by atoms with Crippen LogP contribution in [-0.2, 0) is 23.9 Å². The summed E-state index contributed by atoms with van der Waals surface area (Å²) in [6.07, 6.45) is 5.87. The maximum atomic E-state index is 14.1. The summed E-state index contributed by atoms with van der Waals surface area (Å²) < 4.78 is 11.8. The molecule has 3 saturated heterocycles. The molecule has 0 unspecified atom stereocenters. The number of esters is 1. The van der Waals surface area contributed by atoms with Crippen molar-refractivity contribution >= 4 is 17.8 Å². The number of ether oxygens (including phenoxy) is 2. The second-order valence-electron chi connectivity index (χ2n) is 10.3. The Bertz CT molecular complexity index is 770. The molecule has 3 aliphatic rings. The number of carbonyl (C=O) groups excluding carboxylic acids is 3. The van der Waals surface area contributed by atoms with Crippen LogP contribution in [0.25, 0.3) is 0 Å². The van der Waals surface area contributed by atoms with Crippen LogP contribution in [-0.4, -0.2) is 82.8 Å². The van der Waals surface area contributed by atoms with Gasteiger partial charge in [-0.1, -0.05) is 39.7 Å². The Hall–Kier alpha value is -1.93. The summed E-state index contributed by atoms with van der Waals surface area (Å²) in [5, 5.41) is 10.3. The monoisotopic (exact) mass is 478 g/mol. The van der Waals surface area contributed by atoms with E-state index in [1.54, 1.807) is 22.8 Å². The highest BCUT2D eigenvalue weighted by atomic mass is 16.6. The van der Waals surface area contributed by atoms with E-state index in [2.05, 4.69) is 13.5 Å². The molecule has 0 aliphatic carbocycles. The average Bonchev–Trinajstić information content (AvgIpc) is 3.44. The normalized spacial score (nSPS) is 30.5. The molecule has 6 atom stereocenters. The van der Waals surface area contributed by atoms with Crippen molar-refractivity contribution in [3.8, 4) is 0 Å². The van der Waals surface area contributed by atoms with Crippen LogP contribution < -0.4 is 0 Å². The fourth-order valence-electron chi connectivity index (χ4n) is 6.26. The maximum absolute atomic E-state index is 14.1. The third-order valence-electron chi connectivity index (χ3n) is 7.57. The Labute approximate surface area is 203 Å². The van der Waals surface area contributed by atoms with Crippen LogP contribution in [0, 0.1) is 17.8 Å². The first kappa shape index (κ1) is 26.7. The van der Waals surface area contributed by atoms with E-state index in [0.29, 0.717) is 32.4 Å². The van der Waals surface area contributed by atoms with Crippen LogP contribution in [0.3, 0.4) is 0 Å². The number of likely N-dealkylation sites (tertiary alicyclic amines) is 1. The van der Waals surface area contributed by atoms with Gasteiger partial charge in [0.05, 0.1) is 37.2 Å². The second-order valence-corrected chi connectivity index (χ2v) is 10.3. The van der Waals surface area contributed by atoms with Gasteiger partial charge in [0.15, 0.2) is 0 Å². The third-order valence-corrected chi connectivity index (χ3v) is 7.57. The molecule has 3 heterocycles. The summed E-state index contributed by atoms with van der Waals surface area (Å²) in [4.78, 5) is 44.3. The van der Waals surface area contributed by atoms with E-state index in [4.69, 9.17) is 9.47 Å². The zero-order chi connectivity index (χ0) is 25.0. The molecule has 192 valence electrons. The number of aliphatic hydroxyl groups excluding tert-OH is 1. The zero-order valence-corrected chi connectivity index (χ0v) is 21.2. The molecular formula is C26H42N2O6. The van der Waals surface area contributed by atoms with Gasteiger partial charge in [-0.05, 0) is 38.5 Å². The molecule has 3 aliphatic heterocycles. The van der Waals surface area contributed by atoms with Crippen molar-refractivity contribution in [3.05, 3.63) is 12.7 Å². The molecule has 0 aromatic carbocycles. The van der Waals surface area contributed by atoms with Crippen molar-refractivity contribution in [3.63, 3.8) is 0 Å². The number of hydrogen-bond donors (Lipinski definition) is 1. The fraction of sp³-hybridized carbons (Fsp3) is 0.808. The second kappa shape index (κ2) is 11.2. The average molecular weight is 479 g/mol. The minimum absolute atomic E-state index is 0.181. The van der Waals surface area contributed by atoms with Gasteiger partial charge >= 0.3 is 5.97 Å². The van der Waals surface area contributed by atoms with Gasteiger partial charge in [-0.15, -0.1) is 6.58 Å². The van der Waals surface area contributed by atoms with E-state index >= 15 is 0 Å². The Balaban J connectivity index is 2.04. The zero-order valence-electron chi connectivity index (χ0n) is 21.2. The number of unbranched alkanes of at least 4 members (excludes halogenated alkanes) is 2. The summed E-state index contributed by atoms with van der Waals surface area (Å²) in [7, 11) is 0. The summed E-state index contributed by atoms with van der Waals surface area (Å²) in [5.41, 5.74) is -1.06. The molecule has 8 nitrogen and oxygen atoms in total. The molecule has 0 radical (unpaired) electrons. The summed E-state index contributed by atoms with van der Waals surface area (Å²) in [6.45, 7) is 12.6.